The summed E-state index contributed by atoms with van der Waals surface area (Å²) < 4.78 is 5.53. The van der Waals surface area contributed by atoms with E-state index in [0.29, 0.717) is 12.8 Å². The fraction of sp³-hybridized carbons (Fsp3) is 0.722. The van der Waals surface area contributed by atoms with Gasteiger partial charge in [0.1, 0.15) is 0 Å². The van der Waals surface area contributed by atoms with Crippen LogP contribution in [0.1, 0.15) is 64.7 Å². The summed E-state index contributed by atoms with van der Waals surface area (Å²) in [4.78, 5) is 10.2. The minimum absolute atomic E-state index is 0.157. The average molecular weight is 309 g/mol. The second-order valence-electron chi connectivity index (χ2n) is 5.88. The summed E-state index contributed by atoms with van der Waals surface area (Å²) >= 11 is 0. The monoisotopic (exact) mass is 309 g/mol. The lowest BCUT2D eigenvalue weighted by Gasteiger charge is -2.03. The van der Waals surface area contributed by atoms with Gasteiger partial charge in [-0.25, -0.2) is 0 Å². The Morgan fingerprint density at radius 3 is 2.68 bits per heavy atom. The van der Waals surface area contributed by atoms with Crippen LogP contribution in [0.5, 0.6) is 0 Å². The smallest absolute Gasteiger partial charge is 0.0877 e. The zero-order valence-corrected chi connectivity index (χ0v) is 13.6. The Hall–Kier alpha value is -1.13. The molecule has 0 amide bonds. The van der Waals surface area contributed by atoms with Crippen LogP contribution in [-0.2, 0) is 9.53 Å². The minimum atomic E-state index is -0.964. The molecule has 1 fully saturated rings. The highest BCUT2D eigenvalue weighted by molar-refractivity contribution is 5.63. The number of aliphatic hydroxyl groups is 1. The number of unbranched alkanes of at least 4 members (excludes halogenated alkanes) is 4. The second-order valence-corrected chi connectivity index (χ2v) is 5.88. The quantitative estimate of drug-likeness (QED) is 0.322. The maximum Gasteiger partial charge on any atom is 0.0877 e. The van der Waals surface area contributed by atoms with Crippen LogP contribution in [0, 0.1) is 0 Å². The number of carboxylic acid groups (broad SMARTS) is 1. The van der Waals surface area contributed by atoms with Gasteiger partial charge in [-0.3, -0.25) is 0 Å². The Balaban J connectivity index is 1.95. The van der Waals surface area contributed by atoms with Crippen LogP contribution in [0.2, 0.25) is 0 Å². The number of aliphatic carboxylic acids is 1. The molecule has 2 unspecified atom stereocenters. The number of aliphatic hydroxyl groups excluding tert-OH is 1. The first-order chi connectivity index (χ1) is 10.6. The first-order valence-corrected chi connectivity index (χ1v) is 8.48. The van der Waals surface area contributed by atoms with Crippen molar-refractivity contribution in [2.45, 2.75) is 83.0 Å². The molecule has 3 atom stereocenters. The predicted octanol–water partition coefficient (Wildman–Crippen LogP) is 2.51. The number of allylic oxidation sites excluding steroid dienone is 2. The Bertz CT molecular complexity index is 362. The summed E-state index contributed by atoms with van der Waals surface area (Å²) in [5, 5.41) is 20.1. The van der Waals surface area contributed by atoms with Crippen LogP contribution in [0.4, 0.5) is 0 Å². The number of carbonyl (C=O) groups excluding carboxylic acids is 1. The standard InChI is InChI=1S/C18H30O4/c1-2-3-8-12-16-17(22-16)14-15(19)11-9-6-4-5-7-10-13-18(20)21/h3,8-9,11,15-17,19H,2,4-7,10,12-14H2,1H3,(H,20,21)/p-1/b8-3-,11-9+/t15-,16?,17?/m0/s1. The first-order valence-electron chi connectivity index (χ1n) is 8.48. The van der Waals surface area contributed by atoms with E-state index >= 15 is 0 Å². The number of epoxide rings is 1. The summed E-state index contributed by atoms with van der Waals surface area (Å²) in [7, 11) is 0. The largest absolute Gasteiger partial charge is 0.550 e. The summed E-state index contributed by atoms with van der Waals surface area (Å²) in [5.74, 6) is -0.964. The second kappa shape index (κ2) is 11.4. The van der Waals surface area contributed by atoms with E-state index in [1.807, 2.05) is 12.2 Å². The molecule has 0 aromatic carbocycles. The Kier molecular flexibility index (Phi) is 9.84. The molecule has 0 spiro atoms. The molecule has 0 bridgehead atoms. The van der Waals surface area contributed by atoms with Crippen molar-refractivity contribution in [2.75, 3.05) is 0 Å². The number of hydrogen-bond acceptors (Lipinski definition) is 4. The molecule has 0 saturated carbocycles. The Labute approximate surface area is 133 Å². The fourth-order valence-electron chi connectivity index (χ4n) is 2.45. The predicted molar refractivity (Wildman–Crippen MR) is 85.2 cm³/mol. The molecule has 1 aliphatic rings. The summed E-state index contributed by atoms with van der Waals surface area (Å²) in [6, 6.07) is 0. The molecule has 1 N–H and O–H groups in total. The highest BCUT2D eigenvalue weighted by Gasteiger charge is 2.38. The summed E-state index contributed by atoms with van der Waals surface area (Å²) in [6.45, 7) is 2.11. The molecule has 0 aliphatic carbocycles. The third kappa shape index (κ3) is 9.74. The van der Waals surface area contributed by atoms with E-state index in [9.17, 15) is 15.0 Å². The Morgan fingerprint density at radius 2 is 1.95 bits per heavy atom. The normalized spacial score (nSPS) is 22.5. The van der Waals surface area contributed by atoms with Crippen molar-refractivity contribution < 1.29 is 19.7 Å². The number of carbonyl (C=O) groups is 1. The van der Waals surface area contributed by atoms with Gasteiger partial charge in [-0.2, -0.15) is 0 Å². The third-order valence-electron chi connectivity index (χ3n) is 3.79. The molecular formula is C18H29O4-. The topological polar surface area (TPSA) is 72.9 Å². The van der Waals surface area contributed by atoms with Crippen molar-refractivity contribution in [2.24, 2.45) is 0 Å². The molecule has 1 heterocycles. The van der Waals surface area contributed by atoms with Gasteiger partial charge in [-0.05, 0) is 38.5 Å². The maximum absolute atomic E-state index is 10.2. The van der Waals surface area contributed by atoms with Crippen LogP contribution in [0.25, 0.3) is 0 Å². The molecule has 0 radical (unpaired) electrons. The number of hydrogen-bond donors (Lipinski definition) is 1. The lowest BCUT2D eigenvalue weighted by molar-refractivity contribution is -0.305. The van der Waals surface area contributed by atoms with Crippen molar-refractivity contribution >= 4 is 5.97 Å². The van der Waals surface area contributed by atoms with E-state index in [1.54, 1.807) is 0 Å². The first kappa shape index (κ1) is 18.9. The van der Waals surface area contributed by atoms with Crippen LogP contribution in [-0.4, -0.2) is 29.4 Å². The Morgan fingerprint density at radius 1 is 1.18 bits per heavy atom. The van der Waals surface area contributed by atoms with E-state index in [1.165, 1.54) is 0 Å². The maximum atomic E-state index is 10.2. The van der Waals surface area contributed by atoms with Gasteiger partial charge in [0.2, 0.25) is 0 Å². The fourth-order valence-corrected chi connectivity index (χ4v) is 2.45. The zero-order valence-electron chi connectivity index (χ0n) is 13.6. The number of rotatable bonds is 13. The van der Waals surface area contributed by atoms with Gasteiger partial charge in [-0.15, -0.1) is 0 Å². The molecule has 4 nitrogen and oxygen atoms in total. The number of ether oxygens (including phenoxy) is 1. The van der Waals surface area contributed by atoms with Gasteiger partial charge in [0, 0.05) is 12.4 Å². The molecule has 4 heteroatoms. The van der Waals surface area contributed by atoms with Crippen LogP contribution in [0.3, 0.4) is 0 Å². The van der Waals surface area contributed by atoms with Crippen molar-refractivity contribution in [3.63, 3.8) is 0 Å². The molecule has 1 saturated heterocycles. The molecule has 0 aromatic heterocycles. The van der Waals surface area contributed by atoms with E-state index in [2.05, 4.69) is 19.1 Å². The zero-order chi connectivity index (χ0) is 16.2. The molecule has 22 heavy (non-hydrogen) atoms. The van der Waals surface area contributed by atoms with Gasteiger partial charge in [0.05, 0.1) is 18.3 Å². The van der Waals surface area contributed by atoms with Crippen molar-refractivity contribution in [3.8, 4) is 0 Å². The number of carboxylic acids is 1. The average Bonchev–Trinajstić information content (AvgIpc) is 3.19. The minimum Gasteiger partial charge on any atom is -0.550 e. The molecule has 0 aromatic rings. The summed E-state index contributed by atoms with van der Waals surface area (Å²) in [5.41, 5.74) is 0. The highest BCUT2D eigenvalue weighted by Crippen LogP contribution is 2.30. The lowest BCUT2D eigenvalue weighted by atomic mass is 10.1. The highest BCUT2D eigenvalue weighted by atomic mass is 16.6. The molecule has 1 rings (SSSR count). The molecule has 1 aliphatic heterocycles. The van der Waals surface area contributed by atoms with Crippen molar-refractivity contribution in [1.82, 2.24) is 0 Å². The van der Waals surface area contributed by atoms with Gasteiger partial charge >= 0.3 is 0 Å². The van der Waals surface area contributed by atoms with Crippen LogP contribution in [0.15, 0.2) is 24.3 Å². The molecular weight excluding hydrogens is 280 g/mol. The van der Waals surface area contributed by atoms with E-state index in [0.717, 1.165) is 38.5 Å². The summed E-state index contributed by atoms with van der Waals surface area (Å²) in [6.07, 6.45) is 15.6. The third-order valence-corrected chi connectivity index (χ3v) is 3.79. The van der Waals surface area contributed by atoms with Crippen molar-refractivity contribution in [1.29, 1.82) is 0 Å². The van der Waals surface area contributed by atoms with Gasteiger partial charge in [-0.1, -0.05) is 44.1 Å². The van der Waals surface area contributed by atoms with Crippen LogP contribution < -0.4 is 5.11 Å². The van der Waals surface area contributed by atoms with Crippen molar-refractivity contribution in [3.05, 3.63) is 24.3 Å². The SMILES string of the molecule is CC/C=C\CC1OC1C[C@@H](O)/C=C/CCCCCCC(=O)[O-]. The van der Waals surface area contributed by atoms with E-state index in [-0.39, 0.29) is 18.6 Å². The van der Waals surface area contributed by atoms with E-state index < -0.39 is 12.1 Å². The van der Waals surface area contributed by atoms with Gasteiger partial charge < -0.3 is 19.7 Å². The van der Waals surface area contributed by atoms with Gasteiger partial charge in [0.15, 0.2) is 0 Å². The van der Waals surface area contributed by atoms with E-state index in [4.69, 9.17) is 4.74 Å². The van der Waals surface area contributed by atoms with Gasteiger partial charge in [0.25, 0.3) is 0 Å². The lowest BCUT2D eigenvalue weighted by Crippen LogP contribution is -2.21. The van der Waals surface area contributed by atoms with Crippen LogP contribution >= 0.6 is 0 Å². The molecule has 126 valence electrons.